The SMILES string of the molecule is CCC1(CO)CCN(C(=O)NCCc2cn3ccccc3n2)CC1. The smallest absolute Gasteiger partial charge is 0.317 e. The van der Waals surface area contributed by atoms with E-state index in [1.165, 1.54) is 0 Å². The van der Waals surface area contributed by atoms with Crippen LogP contribution in [0.5, 0.6) is 0 Å². The third-order valence-electron chi connectivity index (χ3n) is 5.27. The van der Waals surface area contributed by atoms with Crippen LogP contribution in [0, 0.1) is 5.41 Å². The van der Waals surface area contributed by atoms with Gasteiger partial charge < -0.3 is 19.7 Å². The van der Waals surface area contributed by atoms with Crippen LogP contribution in [0.25, 0.3) is 5.65 Å². The average Bonchev–Trinajstić information content (AvgIpc) is 3.04. The van der Waals surface area contributed by atoms with Gasteiger partial charge in [-0.3, -0.25) is 0 Å². The molecule has 0 atom stereocenters. The summed E-state index contributed by atoms with van der Waals surface area (Å²) >= 11 is 0. The fourth-order valence-corrected chi connectivity index (χ4v) is 3.32. The summed E-state index contributed by atoms with van der Waals surface area (Å²) < 4.78 is 1.99. The maximum atomic E-state index is 12.3. The van der Waals surface area contributed by atoms with Crippen molar-refractivity contribution in [2.45, 2.75) is 32.6 Å². The van der Waals surface area contributed by atoms with Gasteiger partial charge in [0.15, 0.2) is 0 Å². The molecule has 3 heterocycles. The normalized spacial score (nSPS) is 17.2. The molecule has 1 saturated heterocycles. The Labute approximate surface area is 142 Å². The first-order valence-corrected chi connectivity index (χ1v) is 8.72. The van der Waals surface area contributed by atoms with Crippen molar-refractivity contribution >= 4 is 11.7 Å². The van der Waals surface area contributed by atoms with Crippen molar-refractivity contribution in [2.24, 2.45) is 5.41 Å². The largest absolute Gasteiger partial charge is 0.396 e. The van der Waals surface area contributed by atoms with Crippen LogP contribution in [0.15, 0.2) is 30.6 Å². The summed E-state index contributed by atoms with van der Waals surface area (Å²) in [6, 6.07) is 5.89. The lowest BCUT2D eigenvalue weighted by Gasteiger charge is -2.40. The van der Waals surface area contributed by atoms with Gasteiger partial charge in [0.1, 0.15) is 5.65 Å². The van der Waals surface area contributed by atoms with E-state index in [1.807, 2.05) is 39.9 Å². The Morgan fingerprint density at radius 1 is 1.38 bits per heavy atom. The molecule has 0 aliphatic carbocycles. The highest BCUT2D eigenvalue weighted by molar-refractivity contribution is 5.74. The van der Waals surface area contributed by atoms with Gasteiger partial charge in [-0.05, 0) is 36.8 Å². The third-order valence-corrected chi connectivity index (χ3v) is 5.27. The topological polar surface area (TPSA) is 69.9 Å². The molecular weight excluding hydrogens is 304 g/mol. The van der Waals surface area contributed by atoms with Gasteiger partial charge in [-0.25, -0.2) is 9.78 Å². The van der Waals surface area contributed by atoms with Gasteiger partial charge in [-0.15, -0.1) is 0 Å². The average molecular weight is 330 g/mol. The first-order valence-electron chi connectivity index (χ1n) is 8.72. The minimum Gasteiger partial charge on any atom is -0.396 e. The Morgan fingerprint density at radius 3 is 2.83 bits per heavy atom. The number of urea groups is 1. The molecule has 0 saturated carbocycles. The van der Waals surface area contributed by atoms with Gasteiger partial charge in [0.05, 0.1) is 5.69 Å². The maximum Gasteiger partial charge on any atom is 0.317 e. The van der Waals surface area contributed by atoms with Gasteiger partial charge >= 0.3 is 6.03 Å². The van der Waals surface area contributed by atoms with E-state index in [2.05, 4.69) is 17.2 Å². The summed E-state index contributed by atoms with van der Waals surface area (Å²) in [6.45, 7) is 4.34. The second-order valence-corrected chi connectivity index (χ2v) is 6.68. The van der Waals surface area contributed by atoms with Crippen molar-refractivity contribution in [1.82, 2.24) is 19.6 Å². The lowest BCUT2D eigenvalue weighted by Crippen LogP contribution is -2.48. The number of aromatic nitrogens is 2. The summed E-state index contributed by atoms with van der Waals surface area (Å²) in [7, 11) is 0. The van der Waals surface area contributed by atoms with Gasteiger partial charge in [-0.1, -0.05) is 13.0 Å². The lowest BCUT2D eigenvalue weighted by atomic mass is 9.77. The third kappa shape index (κ3) is 3.53. The second kappa shape index (κ2) is 7.21. The molecule has 2 N–H and O–H groups in total. The molecule has 1 fully saturated rings. The first-order chi connectivity index (χ1) is 11.7. The van der Waals surface area contributed by atoms with E-state index in [-0.39, 0.29) is 18.1 Å². The number of fused-ring (bicyclic) bond motifs is 1. The number of amides is 2. The molecule has 6 nitrogen and oxygen atoms in total. The van der Waals surface area contributed by atoms with E-state index >= 15 is 0 Å². The Bertz CT molecular complexity index is 650. The van der Waals surface area contributed by atoms with Crippen molar-refractivity contribution in [3.63, 3.8) is 0 Å². The molecule has 2 aromatic heterocycles. The first kappa shape index (κ1) is 16.8. The van der Waals surface area contributed by atoms with Crippen LogP contribution in [0.1, 0.15) is 31.9 Å². The fourth-order valence-electron chi connectivity index (χ4n) is 3.32. The maximum absolute atomic E-state index is 12.3. The Balaban J connectivity index is 1.46. The van der Waals surface area contributed by atoms with E-state index in [9.17, 15) is 9.90 Å². The number of nitrogens with one attached hydrogen (secondary N) is 1. The van der Waals surface area contributed by atoms with E-state index in [1.54, 1.807) is 0 Å². The number of pyridine rings is 1. The van der Waals surface area contributed by atoms with Crippen LogP contribution in [-0.2, 0) is 6.42 Å². The van der Waals surface area contributed by atoms with E-state index < -0.39 is 0 Å². The van der Waals surface area contributed by atoms with E-state index in [0.29, 0.717) is 19.6 Å². The van der Waals surface area contributed by atoms with E-state index in [0.717, 1.165) is 37.0 Å². The molecule has 1 aliphatic rings. The molecule has 24 heavy (non-hydrogen) atoms. The van der Waals surface area contributed by atoms with Gasteiger partial charge in [0.2, 0.25) is 0 Å². The standard InChI is InChI=1S/C18H26N4O2/c1-2-18(14-23)7-11-21(12-8-18)17(24)19-9-6-15-13-22-10-4-3-5-16(22)20-15/h3-5,10,13,23H,2,6-9,11-12,14H2,1H3,(H,19,24). The molecule has 2 amide bonds. The van der Waals surface area contributed by atoms with Gasteiger partial charge in [0, 0.05) is 45.1 Å². The summed E-state index contributed by atoms with van der Waals surface area (Å²) in [6.07, 6.45) is 7.40. The molecule has 0 radical (unpaired) electrons. The number of carbonyl (C=O) groups is 1. The number of hydrogen-bond donors (Lipinski definition) is 2. The molecular formula is C18H26N4O2. The summed E-state index contributed by atoms with van der Waals surface area (Å²) in [5.74, 6) is 0. The van der Waals surface area contributed by atoms with Crippen LogP contribution < -0.4 is 5.32 Å². The zero-order valence-corrected chi connectivity index (χ0v) is 14.2. The number of piperidine rings is 1. The molecule has 2 aromatic rings. The van der Waals surface area contributed by atoms with Crippen LogP contribution in [0.4, 0.5) is 4.79 Å². The van der Waals surface area contributed by atoms with Crippen molar-refractivity contribution < 1.29 is 9.90 Å². The zero-order valence-electron chi connectivity index (χ0n) is 14.2. The van der Waals surface area contributed by atoms with Crippen molar-refractivity contribution in [3.8, 4) is 0 Å². The molecule has 0 spiro atoms. The molecule has 130 valence electrons. The van der Waals surface area contributed by atoms with Crippen LogP contribution in [0.3, 0.4) is 0 Å². The minimum absolute atomic E-state index is 0.00726. The predicted molar refractivity (Wildman–Crippen MR) is 92.9 cm³/mol. The lowest BCUT2D eigenvalue weighted by molar-refractivity contribution is 0.0520. The minimum atomic E-state index is -0.0126. The second-order valence-electron chi connectivity index (χ2n) is 6.68. The number of aliphatic hydroxyl groups is 1. The van der Waals surface area contributed by atoms with Crippen LogP contribution >= 0.6 is 0 Å². The Morgan fingerprint density at radius 2 is 2.17 bits per heavy atom. The Hall–Kier alpha value is -2.08. The van der Waals surface area contributed by atoms with Crippen molar-refractivity contribution in [2.75, 3.05) is 26.2 Å². The summed E-state index contributed by atoms with van der Waals surface area (Å²) in [5, 5.41) is 12.5. The summed E-state index contributed by atoms with van der Waals surface area (Å²) in [5.41, 5.74) is 1.91. The predicted octanol–water partition coefficient (Wildman–Crippen LogP) is 2.07. The number of imidazole rings is 1. The number of carbonyl (C=O) groups excluding carboxylic acids is 1. The molecule has 1 aliphatic heterocycles. The number of hydrogen-bond acceptors (Lipinski definition) is 3. The zero-order chi connectivity index (χ0) is 17.0. The molecule has 0 unspecified atom stereocenters. The van der Waals surface area contributed by atoms with Crippen molar-refractivity contribution in [3.05, 3.63) is 36.3 Å². The quantitative estimate of drug-likeness (QED) is 0.882. The molecule has 0 aromatic carbocycles. The van der Waals surface area contributed by atoms with Gasteiger partial charge in [0.25, 0.3) is 0 Å². The highest BCUT2D eigenvalue weighted by atomic mass is 16.3. The molecule has 6 heteroatoms. The number of aliphatic hydroxyl groups excluding tert-OH is 1. The molecule has 3 rings (SSSR count). The van der Waals surface area contributed by atoms with Crippen LogP contribution in [-0.4, -0.2) is 51.7 Å². The number of rotatable bonds is 5. The summed E-state index contributed by atoms with van der Waals surface area (Å²) in [4.78, 5) is 18.7. The fraction of sp³-hybridized carbons (Fsp3) is 0.556. The molecule has 0 bridgehead atoms. The Kier molecular flexibility index (Phi) is 5.04. The highest BCUT2D eigenvalue weighted by Crippen LogP contribution is 2.34. The van der Waals surface area contributed by atoms with Gasteiger partial charge in [-0.2, -0.15) is 0 Å². The number of likely N-dealkylation sites (tertiary alicyclic amines) is 1. The highest BCUT2D eigenvalue weighted by Gasteiger charge is 2.33. The van der Waals surface area contributed by atoms with E-state index in [4.69, 9.17) is 0 Å². The monoisotopic (exact) mass is 330 g/mol. The van der Waals surface area contributed by atoms with Crippen molar-refractivity contribution in [1.29, 1.82) is 0 Å². The van der Waals surface area contributed by atoms with Crippen LogP contribution in [0.2, 0.25) is 0 Å². The number of nitrogens with zero attached hydrogens (tertiary/aromatic N) is 3.